The fourth-order valence-corrected chi connectivity index (χ4v) is 3.46. The van der Waals surface area contributed by atoms with Crippen molar-refractivity contribution in [1.82, 2.24) is 20.2 Å². The fourth-order valence-electron chi connectivity index (χ4n) is 2.79. The van der Waals surface area contributed by atoms with E-state index in [2.05, 4.69) is 62.3 Å². The van der Waals surface area contributed by atoms with Gasteiger partial charge in [-0.25, -0.2) is 4.68 Å². The van der Waals surface area contributed by atoms with Crippen molar-refractivity contribution in [1.29, 1.82) is 0 Å². The Balaban J connectivity index is 1.95. The lowest BCUT2D eigenvalue weighted by molar-refractivity contribution is -0.119. The van der Waals surface area contributed by atoms with Gasteiger partial charge in [0.15, 0.2) is 5.82 Å². The number of nitrogens with zero attached hydrogens (tertiary/aromatic N) is 3. The lowest BCUT2D eigenvalue weighted by atomic mass is 9.87. The number of nitrogens with one attached hydrogen (secondary N) is 1. The molecule has 1 aromatic heterocycles. The van der Waals surface area contributed by atoms with Crippen LogP contribution in [0, 0.1) is 5.92 Å². The van der Waals surface area contributed by atoms with Gasteiger partial charge >= 0.3 is 0 Å². The first-order valence-electron chi connectivity index (χ1n) is 9.81. The quantitative estimate of drug-likeness (QED) is 0.514. The van der Waals surface area contributed by atoms with E-state index in [-0.39, 0.29) is 23.1 Å². The molecule has 3 N–H and O–H groups in total. The first kappa shape index (κ1) is 22.3. The summed E-state index contributed by atoms with van der Waals surface area (Å²) in [6, 6.07) is 8.35. The molecule has 2 aromatic rings. The molecule has 6 nitrogen and oxygen atoms in total. The molecule has 1 heterocycles. The Labute approximate surface area is 172 Å². The van der Waals surface area contributed by atoms with Gasteiger partial charge in [0.05, 0.1) is 5.75 Å². The van der Waals surface area contributed by atoms with Crippen molar-refractivity contribution in [2.24, 2.45) is 5.92 Å². The van der Waals surface area contributed by atoms with Gasteiger partial charge in [0, 0.05) is 11.6 Å². The second-order valence-corrected chi connectivity index (χ2v) is 9.67. The van der Waals surface area contributed by atoms with Crippen molar-refractivity contribution in [3.05, 3.63) is 29.8 Å². The summed E-state index contributed by atoms with van der Waals surface area (Å²) in [5.41, 5.74) is 2.24. The number of rotatable bonds is 8. The molecular weight excluding hydrogens is 370 g/mol. The highest BCUT2D eigenvalue weighted by atomic mass is 32.2. The maximum absolute atomic E-state index is 12.2. The normalized spacial score (nSPS) is 13.0. The lowest BCUT2D eigenvalue weighted by Crippen LogP contribution is -2.34. The van der Waals surface area contributed by atoms with E-state index in [0.29, 0.717) is 16.9 Å². The number of hydrogen-bond acceptors (Lipinski definition) is 5. The molecule has 7 heteroatoms. The maximum Gasteiger partial charge on any atom is 0.230 e. The number of aromatic nitrogens is 3. The minimum atomic E-state index is -0.0136. The van der Waals surface area contributed by atoms with E-state index in [1.807, 2.05) is 19.1 Å². The van der Waals surface area contributed by atoms with Crippen molar-refractivity contribution < 1.29 is 4.79 Å². The maximum atomic E-state index is 12.2. The SMILES string of the molecule is CC(C)CC[C@H](C)NC(=O)CSc1nnc(-c2ccc(C(C)(C)C)cc2)n1N. The average Bonchev–Trinajstić information content (AvgIpc) is 2.98. The molecule has 2 rings (SSSR count). The van der Waals surface area contributed by atoms with E-state index in [0.717, 1.165) is 18.4 Å². The molecule has 0 bridgehead atoms. The second kappa shape index (κ2) is 9.45. The fraction of sp³-hybridized carbons (Fsp3) is 0.571. The van der Waals surface area contributed by atoms with Crippen molar-refractivity contribution in [2.45, 2.75) is 71.0 Å². The molecule has 0 radical (unpaired) electrons. The van der Waals surface area contributed by atoms with Crippen LogP contribution in [0.4, 0.5) is 0 Å². The van der Waals surface area contributed by atoms with Crippen LogP contribution in [0.5, 0.6) is 0 Å². The van der Waals surface area contributed by atoms with Gasteiger partial charge in [0.2, 0.25) is 11.1 Å². The van der Waals surface area contributed by atoms with Crippen LogP contribution < -0.4 is 11.2 Å². The van der Waals surface area contributed by atoms with E-state index < -0.39 is 0 Å². The molecule has 1 amide bonds. The van der Waals surface area contributed by atoms with Gasteiger partial charge in [0.1, 0.15) is 0 Å². The van der Waals surface area contributed by atoms with E-state index in [9.17, 15) is 4.79 Å². The van der Waals surface area contributed by atoms with E-state index in [1.165, 1.54) is 22.0 Å². The van der Waals surface area contributed by atoms with E-state index in [4.69, 9.17) is 5.84 Å². The molecule has 0 aliphatic heterocycles. The van der Waals surface area contributed by atoms with E-state index in [1.54, 1.807) is 0 Å². The van der Waals surface area contributed by atoms with Crippen LogP contribution in [0.1, 0.15) is 59.9 Å². The summed E-state index contributed by atoms with van der Waals surface area (Å²) in [4.78, 5) is 12.2. The second-order valence-electron chi connectivity index (χ2n) is 8.73. The van der Waals surface area contributed by atoms with Gasteiger partial charge in [-0.05, 0) is 36.7 Å². The third-order valence-electron chi connectivity index (χ3n) is 4.59. The van der Waals surface area contributed by atoms with Crippen LogP contribution >= 0.6 is 11.8 Å². The van der Waals surface area contributed by atoms with Gasteiger partial charge in [-0.3, -0.25) is 4.79 Å². The van der Waals surface area contributed by atoms with Crippen LogP contribution in [-0.4, -0.2) is 32.6 Å². The minimum absolute atomic E-state index is 0.0136. The summed E-state index contributed by atoms with van der Waals surface area (Å²) in [5.74, 6) is 7.65. The monoisotopic (exact) mass is 403 g/mol. The Morgan fingerprint density at radius 2 is 1.79 bits per heavy atom. The van der Waals surface area contributed by atoms with Crippen LogP contribution in [0.3, 0.4) is 0 Å². The van der Waals surface area contributed by atoms with Gasteiger partial charge in [-0.15, -0.1) is 10.2 Å². The van der Waals surface area contributed by atoms with Crippen LogP contribution in [-0.2, 0) is 10.2 Å². The summed E-state index contributed by atoms with van der Waals surface area (Å²) < 4.78 is 1.45. The molecule has 0 aliphatic rings. The number of hydrogen-bond donors (Lipinski definition) is 2. The molecule has 0 aliphatic carbocycles. The molecule has 0 spiro atoms. The van der Waals surface area contributed by atoms with Crippen molar-refractivity contribution in [3.8, 4) is 11.4 Å². The van der Waals surface area contributed by atoms with Gasteiger partial charge in [0.25, 0.3) is 0 Å². The third kappa shape index (κ3) is 6.26. The number of nitrogens with two attached hydrogens (primary N) is 1. The molecule has 0 fully saturated rings. The number of thioether (sulfide) groups is 1. The number of carbonyl (C=O) groups excluding carboxylic acids is 1. The zero-order valence-electron chi connectivity index (χ0n) is 17.8. The van der Waals surface area contributed by atoms with Crippen molar-refractivity contribution >= 4 is 17.7 Å². The first-order valence-corrected chi connectivity index (χ1v) is 10.8. The largest absolute Gasteiger partial charge is 0.353 e. The standard InChI is InChI=1S/C21H33N5OS/c1-14(2)7-8-15(3)23-18(27)13-28-20-25-24-19(26(20)22)16-9-11-17(12-10-16)21(4,5)6/h9-12,14-15H,7-8,13,22H2,1-6H3,(H,23,27)/t15-/m0/s1. The van der Waals surface area contributed by atoms with Crippen molar-refractivity contribution in [3.63, 3.8) is 0 Å². The highest BCUT2D eigenvalue weighted by molar-refractivity contribution is 7.99. The molecule has 0 unspecified atom stereocenters. The summed E-state index contributed by atoms with van der Waals surface area (Å²) in [6.45, 7) is 12.9. The van der Waals surface area contributed by atoms with Crippen LogP contribution in [0.2, 0.25) is 0 Å². The molecule has 28 heavy (non-hydrogen) atoms. The van der Waals surface area contributed by atoms with Crippen LogP contribution in [0.25, 0.3) is 11.4 Å². The first-order chi connectivity index (χ1) is 13.1. The molecule has 1 atom stereocenters. The minimum Gasteiger partial charge on any atom is -0.353 e. The Hall–Kier alpha value is -2.02. The Bertz CT molecular complexity index is 777. The van der Waals surface area contributed by atoms with Crippen molar-refractivity contribution in [2.75, 3.05) is 11.6 Å². The highest BCUT2D eigenvalue weighted by Gasteiger charge is 2.17. The Morgan fingerprint density at radius 1 is 1.14 bits per heavy atom. The van der Waals surface area contributed by atoms with Gasteiger partial charge in [-0.1, -0.05) is 70.6 Å². The molecular formula is C21H33N5OS. The molecule has 1 aromatic carbocycles. The summed E-state index contributed by atoms with van der Waals surface area (Å²) in [7, 11) is 0. The lowest BCUT2D eigenvalue weighted by Gasteiger charge is -2.19. The number of benzene rings is 1. The zero-order valence-corrected chi connectivity index (χ0v) is 18.6. The molecule has 154 valence electrons. The highest BCUT2D eigenvalue weighted by Crippen LogP contribution is 2.26. The molecule has 0 saturated heterocycles. The summed E-state index contributed by atoms with van der Waals surface area (Å²) in [5, 5.41) is 11.9. The average molecular weight is 404 g/mol. The van der Waals surface area contributed by atoms with Gasteiger partial charge < -0.3 is 11.2 Å². The number of carbonyl (C=O) groups is 1. The zero-order chi connectivity index (χ0) is 20.9. The smallest absolute Gasteiger partial charge is 0.230 e. The third-order valence-corrected chi connectivity index (χ3v) is 5.53. The summed E-state index contributed by atoms with van der Waals surface area (Å²) >= 11 is 1.30. The Kier molecular flexibility index (Phi) is 7.52. The molecule has 0 saturated carbocycles. The van der Waals surface area contributed by atoms with E-state index >= 15 is 0 Å². The predicted octanol–water partition coefficient (Wildman–Crippen LogP) is 3.99. The van der Waals surface area contributed by atoms with Gasteiger partial charge in [-0.2, -0.15) is 0 Å². The topological polar surface area (TPSA) is 85.8 Å². The van der Waals surface area contributed by atoms with Crippen LogP contribution in [0.15, 0.2) is 29.4 Å². The number of amides is 1. The number of nitrogen functional groups attached to an aromatic ring is 1. The Morgan fingerprint density at radius 3 is 2.36 bits per heavy atom. The summed E-state index contributed by atoms with van der Waals surface area (Å²) in [6.07, 6.45) is 2.08. The predicted molar refractivity (Wildman–Crippen MR) is 117 cm³/mol.